The van der Waals surface area contributed by atoms with Crippen molar-refractivity contribution < 1.29 is 8.42 Å². The third kappa shape index (κ3) is 5.34. The number of unbranched alkanes of at least 4 members (excludes halogenated alkanes) is 1. The number of thiazole rings is 1. The minimum absolute atomic E-state index is 0.333. The highest BCUT2D eigenvalue weighted by Gasteiger charge is 2.21. The lowest BCUT2D eigenvalue weighted by molar-refractivity contribution is 0.445. The number of sulfonamides is 1. The van der Waals surface area contributed by atoms with Crippen LogP contribution in [0.15, 0.2) is 63.8 Å². The molecule has 1 heterocycles. The van der Waals surface area contributed by atoms with Gasteiger partial charge in [-0.2, -0.15) is 4.31 Å². The van der Waals surface area contributed by atoms with Crippen molar-refractivity contribution in [3.63, 3.8) is 0 Å². The number of hydrogen-bond acceptors (Lipinski definition) is 4. The molecule has 0 aliphatic heterocycles. The van der Waals surface area contributed by atoms with E-state index in [1.54, 1.807) is 23.5 Å². The number of aromatic nitrogens is 1. The Morgan fingerprint density at radius 1 is 0.968 bits per heavy atom. The molecule has 0 fully saturated rings. The first kappa shape index (κ1) is 23.4. The van der Waals surface area contributed by atoms with Gasteiger partial charge in [0.15, 0.2) is 4.80 Å². The van der Waals surface area contributed by atoms with Crippen molar-refractivity contribution in [1.29, 1.82) is 0 Å². The second-order valence-electron chi connectivity index (χ2n) is 7.47. The van der Waals surface area contributed by atoms with Crippen LogP contribution in [0.1, 0.15) is 39.2 Å². The fourth-order valence-electron chi connectivity index (χ4n) is 3.42. The quantitative estimate of drug-likeness (QED) is 0.421. The highest BCUT2D eigenvalue weighted by atomic mass is 32.2. The molecule has 0 amide bonds. The third-order valence-electron chi connectivity index (χ3n) is 5.28. The molecule has 0 N–H and O–H groups in total. The normalized spacial score (nSPS) is 12.6. The van der Waals surface area contributed by atoms with Crippen LogP contribution in [0.2, 0.25) is 0 Å². The van der Waals surface area contributed by atoms with E-state index < -0.39 is 10.0 Å². The van der Waals surface area contributed by atoms with E-state index in [0.29, 0.717) is 18.0 Å². The van der Waals surface area contributed by atoms with Gasteiger partial charge in [0.05, 0.1) is 16.3 Å². The number of hydrogen-bond donors (Lipinski definition) is 0. The smallest absolute Gasteiger partial charge is 0.243 e. The van der Waals surface area contributed by atoms with E-state index in [1.165, 1.54) is 9.87 Å². The molecule has 0 atom stereocenters. The van der Waals surface area contributed by atoms with Crippen molar-refractivity contribution >= 4 is 27.0 Å². The summed E-state index contributed by atoms with van der Waals surface area (Å²) in [7, 11) is -3.45. The Labute approximate surface area is 189 Å². The summed E-state index contributed by atoms with van der Waals surface area (Å²) >= 11 is 1.61. The summed E-state index contributed by atoms with van der Waals surface area (Å²) < 4.78 is 29.3. The second kappa shape index (κ2) is 10.4. The maximum absolute atomic E-state index is 12.8. The standard InChI is InChI=1S/C24H31N3O2S2/c1-5-8-17-27-23(18-30-24(27)25-21-13-9-19(4)10-14-21)20-11-15-22(16-12-20)31(28,29)26(6-2)7-3/h9-16,18H,5-8,17H2,1-4H3. The van der Waals surface area contributed by atoms with Crippen molar-refractivity contribution in [1.82, 2.24) is 8.87 Å². The lowest BCUT2D eigenvalue weighted by Gasteiger charge is -2.18. The van der Waals surface area contributed by atoms with Crippen molar-refractivity contribution in [2.75, 3.05) is 13.1 Å². The van der Waals surface area contributed by atoms with Crippen molar-refractivity contribution in [2.45, 2.75) is 52.0 Å². The summed E-state index contributed by atoms with van der Waals surface area (Å²) in [5.74, 6) is 0. The molecule has 0 bridgehead atoms. The lowest BCUT2D eigenvalue weighted by atomic mass is 10.1. The molecule has 166 valence electrons. The van der Waals surface area contributed by atoms with E-state index in [4.69, 9.17) is 4.99 Å². The van der Waals surface area contributed by atoms with Crippen LogP contribution in [-0.4, -0.2) is 30.4 Å². The van der Waals surface area contributed by atoms with Gasteiger partial charge in [-0.3, -0.25) is 0 Å². The minimum atomic E-state index is -3.45. The Balaban J connectivity index is 2.01. The maximum atomic E-state index is 12.8. The van der Waals surface area contributed by atoms with Crippen LogP contribution in [-0.2, 0) is 16.6 Å². The molecular formula is C24H31N3O2S2. The zero-order chi connectivity index (χ0) is 22.4. The Bertz CT molecular complexity index is 1150. The predicted molar refractivity (Wildman–Crippen MR) is 129 cm³/mol. The van der Waals surface area contributed by atoms with Gasteiger partial charge in [0, 0.05) is 25.0 Å². The molecule has 2 aromatic carbocycles. The fraction of sp³-hybridized carbons (Fsp3) is 0.375. The summed E-state index contributed by atoms with van der Waals surface area (Å²) in [4.78, 5) is 6.15. The van der Waals surface area contributed by atoms with E-state index in [1.807, 2.05) is 38.1 Å². The van der Waals surface area contributed by atoms with Gasteiger partial charge in [0.1, 0.15) is 0 Å². The van der Waals surface area contributed by atoms with E-state index in [-0.39, 0.29) is 0 Å². The van der Waals surface area contributed by atoms with Crippen LogP contribution in [0.3, 0.4) is 0 Å². The van der Waals surface area contributed by atoms with Gasteiger partial charge in [-0.05, 0) is 43.2 Å². The molecule has 0 saturated carbocycles. The maximum Gasteiger partial charge on any atom is 0.243 e. The van der Waals surface area contributed by atoms with Crippen LogP contribution in [0.25, 0.3) is 11.3 Å². The lowest BCUT2D eigenvalue weighted by Crippen LogP contribution is -2.30. The monoisotopic (exact) mass is 457 g/mol. The molecule has 3 rings (SSSR count). The van der Waals surface area contributed by atoms with Crippen LogP contribution in [0.5, 0.6) is 0 Å². The Hall–Kier alpha value is -2.22. The Morgan fingerprint density at radius 2 is 1.61 bits per heavy atom. The van der Waals surface area contributed by atoms with Crippen LogP contribution in [0, 0.1) is 6.92 Å². The van der Waals surface area contributed by atoms with E-state index >= 15 is 0 Å². The summed E-state index contributed by atoms with van der Waals surface area (Å²) in [5.41, 5.74) is 4.21. The first-order valence-electron chi connectivity index (χ1n) is 10.8. The molecule has 7 heteroatoms. The molecule has 5 nitrogen and oxygen atoms in total. The molecule has 31 heavy (non-hydrogen) atoms. The first-order chi connectivity index (χ1) is 14.9. The predicted octanol–water partition coefficient (Wildman–Crippen LogP) is 5.59. The fourth-order valence-corrected chi connectivity index (χ4v) is 5.84. The first-order valence-corrected chi connectivity index (χ1v) is 13.1. The second-order valence-corrected chi connectivity index (χ2v) is 10.2. The summed E-state index contributed by atoms with van der Waals surface area (Å²) in [6.45, 7) is 9.76. The molecule has 0 aliphatic rings. The SMILES string of the molecule is CCCCn1c(-c2ccc(S(=O)(=O)N(CC)CC)cc2)csc1=Nc1ccc(C)cc1. The molecule has 1 aromatic heterocycles. The number of aryl methyl sites for hydroxylation is 1. The number of rotatable bonds is 9. The summed E-state index contributed by atoms with van der Waals surface area (Å²) in [5, 5.41) is 2.11. The van der Waals surface area contributed by atoms with E-state index in [9.17, 15) is 8.42 Å². The van der Waals surface area contributed by atoms with Crippen molar-refractivity contribution in [3.05, 3.63) is 64.3 Å². The number of benzene rings is 2. The topological polar surface area (TPSA) is 54.7 Å². The van der Waals surface area contributed by atoms with Crippen LogP contribution < -0.4 is 4.80 Å². The van der Waals surface area contributed by atoms with Gasteiger partial charge in [-0.25, -0.2) is 13.4 Å². The molecule has 0 radical (unpaired) electrons. The summed E-state index contributed by atoms with van der Waals surface area (Å²) in [6, 6.07) is 15.4. The van der Waals surface area contributed by atoms with Crippen LogP contribution in [0.4, 0.5) is 5.69 Å². The number of nitrogens with zero attached hydrogens (tertiary/aromatic N) is 3. The van der Waals surface area contributed by atoms with Crippen molar-refractivity contribution in [3.8, 4) is 11.3 Å². The van der Waals surface area contributed by atoms with Gasteiger partial charge in [0.2, 0.25) is 10.0 Å². The summed E-state index contributed by atoms with van der Waals surface area (Å²) in [6.07, 6.45) is 2.15. The van der Waals surface area contributed by atoms with Gasteiger partial charge in [-0.15, -0.1) is 11.3 Å². The van der Waals surface area contributed by atoms with Gasteiger partial charge >= 0.3 is 0 Å². The average molecular weight is 458 g/mol. The Kier molecular flexibility index (Phi) is 7.86. The molecule has 3 aromatic rings. The Morgan fingerprint density at radius 3 is 2.19 bits per heavy atom. The zero-order valence-electron chi connectivity index (χ0n) is 18.7. The average Bonchev–Trinajstić information content (AvgIpc) is 3.17. The van der Waals surface area contributed by atoms with Gasteiger partial charge in [0.25, 0.3) is 0 Å². The molecule has 0 unspecified atom stereocenters. The highest BCUT2D eigenvalue weighted by Crippen LogP contribution is 2.24. The van der Waals surface area contributed by atoms with Crippen LogP contribution >= 0.6 is 11.3 Å². The molecule has 0 aliphatic carbocycles. The molecule has 0 saturated heterocycles. The molecular weight excluding hydrogens is 426 g/mol. The zero-order valence-corrected chi connectivity index (χ0v) is 20.3. The van der Waals surface area contributed by atoms with Gasteiger partial charge in [-0.1, -0.05) is 57.0 Å². The third-order valence-corrected chi connectivity index (χ3v) is 8.21. The molecule has 0 spiro atoms. The van der Waals surface area contributed by atoms with E-state index in [2.05, 4.69) is 35.9 Å². The highest BCUT2D eigenvalue weighted by molar-refractivity contribution is 7.89. The minimum Gasteiger partial charge on any atom is -0.316 e. The van der Waals surface area contributed by atoms with Gasteiger partial charge < -0.3 is 4.57 Å². The van der Waals surface area contributed by atoms with E-state index in [0.717, 1.165) is 41.1 Å². The van der Waals surface area contributed by atoms with Crippen molar-refractivity contribution in [2.24, 2.45) is 4.99 Å². The largest absolute Gasteiger partial charge is 0.316 e.